The predicted molar refractivity (Wildman–Crippen MR) is 108 cm³/mol. The number of nitrogens with one attached hydrogen (secondary N) is 2. The summed E-state index contributed by atoms with van der Waals surface area (Å²) in [6.07, 6.45) is 0.570. The summed E-state index contributed by atoms with van der Waals surface area (Å²) < 4.78 is 4.82. The minimum atomic E-state index is -0.469. The highest BCUT2D eigenvalue weighted by Gasteiger charge is 2.23. The van der Waals surface area contributed by atoms with Crippen LogP contribution in [0.1, 0.15) is 63.2 Å². The van der Waals surface area contributed by atoms with Gasteiger partial charge in [-0.05, 0) is 57.0 Å². The largest absolute Gasteiger partial charge is 0.465 e. The third-order valence-corrected chi connectivity index (χ3v) is 4.74. The Bertz CT molecular complexity index is 865. The lowest BCUT2D eigenvalue weighted by molar-refractivity contribution is 0.0598. The van der Waals surface area contributed by atoms with Crippen LogP contribution in [0.2, 0.25) is 0 Å². The van der Waals surface area contributed by atoms with E-state index in [0.29, 0.717) is 53.3 Å². The van der Waals surface area contributed by atoms with Crippen molar-refractivity contribution in [2.45, 2.75) is 34.1 Å². The third kappa shape index (κ3) is 4.24. The zero-order valence-electron chi connectivity index (χ0n) is 17.0. The molecule has 7 nitrogen and oxygen atoms in total. The molecule has 2 N–H and O–H groups in total. The summed E-state index contributed by atoms with van der Waals surface area (Å²) in [7, 11) is 1.31. The molecule has 0 atom stereocenters. The van der Waals surface area contributed by atoms with E-state index in [1.165, 1.54) is 7.11 Å². The Hall–Kier alpha value is -3.09. The van der Waals surface area contributed by atoms with Crippen molar-refractivity contribution in [3.05, 3.63) is 52.3 Å². The van der Waals surface area contributed by atoms with Crippen molar-refractivity contribution in [2.75, 3.05) is 25.5 Å². The van der Waals surface area contributed by atoms with Gasteiger partial charge in [-0.15, -0.1) is 0 Å². The number of anilines is 1. The average molecular weight is 385 g/mol. The standard InChI is InChI=1S/C21H27N3O4/c1-6-16-17(21(27)28-5)13(4)18(23-16)19(25)22-15-11-9-14(10-12-15)20(26)24(7-2)8-3/h9-12,23H,6-8H2,1-5H3,(H,22,25). The predicted octanol–water partition coefficient (Wildman–Crippen LogP) is 3.41. The van der Waals surface area contributed by atoms with E-state index in [1.54, 1.807) is 36.1 Å². The molecule has 28 heavy (non-hydrogen) atoms. The van der Waals surface area contributed by atoms with E-state index in [-0.39, 0.29) is 11.8 Å². The molecule has 2 aromatic rings. The molecule has 0 saturated carbocycles. The first-order valence-corrected chi connectivity index (χ1v) is 9.38. The molecule has 1 aromatic heterocycles. The van der Waals surface area contributed by atoms with Crippen LogP contribution in [0.15, 0.2) is 24.3 Å². The number of esters is 1. The van der Waals surface area contributed by atoms with Gasteiger partial charge in [-0.3, -0.25) is 9.59 Å². The van der Waals surface area contributed by atoms with Gasteiger partial charge in [0.05, 0.1) is 12.7 Å². The number of aryl methyl sites for hydroxylation is 1. The van der Waals surface area contributed by atoms with Crippen molar-refractivity contribution in [1.29, 1.82) is 0 Å². The number of carbonyl (C=O) groups excluding carboxylic acids is 3. The second kappa shape index (κ2) is 9.21. The normalized spacial score (nSPS) is 10.5. The lowest BCUT2D eigenvalue weighted by Crippen LogP contribution is -2.30. The number of rotatable bonds is 7. The van der Waals surface area contributed by atoms with Gasteiger partial charge in [-0.25, -0.2) is 4.79 Å². The number of H-pyrrole nitrogens is 1. The molecule has 0 saturated heterocycles. The molecular weight excluding hydrogens is 358 g/mol. The van der Waals surface area contributed by atoms with Gasteiger partial charge in [-0.2, -0.15) is 0 Å². The monoisotopic (exact) mass is 385 g/mol. The van der Waals surface area contributed by atoms with E-state index >= 15 is 0 Å². The Kier molecular flexibility index (Phi) is 6.98. The SMILES string of the molecule is CCc1[nH]c(C(=O)Nc2ccc(C(=O)N(CC)CC)cc2)c(C)c1C(=O)OC. The molecule has 0 radical (unpaired) electrons. The minimum Gasteiger partial charge on any atom is -0.465 e. The average Bonchev–Trinajstić information content (AvgIpc) is 3.05. The molecule has 0 aliphatic rings. The summed E-state index contributed by atoms with van der Waals surface area (Å²) in [6.45, 7) is 8.75. The highest BCUT2D eigenvalue weighted by atomic mass is 16.5. The molecule has 0 unspecified atom stereocenters. The maximum atomic E-state index is 12.7. The van der Waals surface area contributed by atoms with Crippen LogP contribution in [0.4, 0.5) is 5.69 Å². The van der Waals surface area contributed by atoms with Gasteiger partial charge in [-0.1, -0.05) is 6.92 Å². The summed E-state index contributed by atoms with van der Waals surface area (Å²) in [5.41, 5.74) is 3.06. The zero-order valence-corrected chi connectivity index (χ0v) is 17.0. The maximum absolute atomic E-state index is 12.7. The summed E-state index contributed by atoms with van der Waals surface area (Å²) in [6, 6.07) is 6.76. The van der Waals surface area contributed by atoms with Crippen LogP contribution in [0.3, 0.4) is 0 Å². The number of methoxy groups -OCH3 is 1. The van der Waals surface area contributed by atoms with Gasteiger partial charge < -0.3 is 19.9 Å². The highest BCUT2D eigenvalue weighted by Crippen LogP contribution is 2.21. The van der Waals surface area contributed by atoms with Crippen LogP contribution in [0.25, 0.3) is 0 Å². The molecule has 0 fully saturated rings. The third-order valence-electron chi connectivity index (χ3n) is 4.74. The van der Waals surface area contributed by atoms with E-state index in [9.17, 15) is 14.4 Å². The Balaban J connectivity index is 2.21. The number of hydrogen-bond donors (Lipinski definition) is 2. The van der Waals surface area contributed by atoms with Gasteiger partial charge in [0, 0.05) is 30.0 Å². The van der Waals surface area contributed by atoms with Crippen LogP contribution < -0.4 is 5.32 Å². The summed E-state index contributed by atoms with van der Waals surface area (Å²) >= 11 is 0. The van der Waals surface area contributed by atoms with Crippen LogP contribution in [0, 0.1) is 6.92 Å². The zero-order chi connectivity index (χ0) is 20.8. The second-order valence-corrected chi connectivity index (χ2v) is 6.33. The number of aromatic amines is 1. The molecule has 150 valence electrons. The number of aromatic nitrogens is 1. The second-order valence-electron chi connectivity index (χ2n) is 6.33. The Morgan fingerprint density at radius 2 is 1.68 bits per heavy atom. The van der Waals surface area contributed by atoms with Crippen molar-refractivity contribution >= 4 is 23.5 Å². The van der Waals surface area contributed by atoms with E-state index in [4.69, 9.17) is 4.74 Å². The number of hydrogen-bond acceptors (Lipinski definition) is 4. The quantitative estimate of drug-likeness (QED) is 0.715. The van der Waals surface area contributed by atoms with Gasteiger partial charge in [0.25, 0.3) is 11.8 Å². The van der Waals surface area contributed by atoms with E-state index in [2.05, 4.69) is 10.3 Å². The molecule has 7 heteroatoms. The summed E-state index contributed by atoms with van der Waals surface area (Å²) in [5.74, 6) is -0.868. The molecule has 0 aliphatic carbocycles. The molecule has 1 heterocycles. The molecule has 1 aromatic carbocycles. The fraction of sp³-hybridized carbons (Fsp3) is 0.381. The summed E-state index contributed by atoms with van der Waals surface area (Å²) in [4.78, 5) is 41.8. The smallest absolute Gasteiger partial charge is 0.339 e. The lowest BCUT2D eigenvalue weighted by atomic mass is 10.1. The molecule has 2 rings (SSSR count). The van der Waals surface area contributed by atoms with Gasteiger partial charge in [0.1, 0.15) is 5.69 Å². The first kappa shape index (κ1) is 21.2. The Morgan fingerprint density at radius 3 is 2.18 bits per heavy atom. The van der Waals surface area contributed by atoms with Gasteiger partial charge in [0.15, 0.2) is 0 Å². The Morgan fingerprint density at radius 1 is 1.07 bits per heavy atom. The first-order chi connectivity index (χ1) is 13.4. The van der Waals surface area contributed by atoms with Gasteiger partial charge >= 0.3 is 5.97 Å². The summed E-state index contributed by atoms with van der Waals surface area (Å²) in [5, 5.41) is 2.80. The van der Waals surface area contributed by atoms with E-state index in [0.717, 1.165) is 0 Å². The molecular formula is C21H27N3O4. The van der Waals surface area contributed by atoms with Crippen molar-refractivity contribution in [3.63, 3.8) is 0 Å². The van der Waals surface area contributed by atoms with E-state index < -0.39 is 5.97 Å². The topological polar surface area (TPSA) is 91.5 Å². The fourth-order valence-corrected chi connectivity index (χ4v) is 3.11. The number of ether oxygens (including phenoxy) is 1. The van der Waals surface area contributed by atoms with Crippen LogP contribution in [0.5, 0.6) is 0 Å². The molecule has 0 spiro atoms. The van der Waals surface area contributed by atoms with Crippen molar-refractivity contribution in [1.82, 2.24) is 9.88 Å². The molecule has 0 bridgehead atoms. The number of nitrogens with zero attached hydrogens (tertiary/aromatic N) is 1. The molecule has 2 amide bonds. The maximum Gasteiger partial charge on any atom is 0.339 e. The Labute approximate surface area is 165 Å². The van der Waals surface area contributed by atoms with Crippen molar-refractivity contribution in [3.8, 4) is 0 Å². The van der Waals surface area contributed by atoms with Gasteiger partial charge in [0.2, 0.25) is 0 Å². The van der Waals surface area contributed by atoms with Crippen LogP contribution in [-0.2, 0) is 11.2 Å². The number of amides is 2. The minimum absolute atomic E-state index is 0.0432. The van der Waals surface area contributed by atoms with Crippen LogP contribution >= 0.6 is 0 Å². The van der Waals surface area contributed by atoms with E-state index in [1.807, 2.05) is 20.8 Å². The van der Waals surface area contributed by atoms with Crippen LogP contribution in [-0.4, -0.2) is 47.9 Å². The number of carbonyl (C=O) groups is 3. The molecule has 0 aliphatic heterocycles. The van der Waals surface area contributed by atoms with Crippen molar-refractivity contribution in [2.24, 2.45) is 0 Å². The van der Waals surface area contributed by atoms with Crippen molar-refractivity contribution < 1.29 is 19.1 Å². The first-order valence-electron chi connectivity index (χ1n) is 9.38. The number of benzene rings is 1. The lowest BCUT2D eigenvalue weighted by Gasteiger charge is -2.18. The highest BCUT2D eigenvalue weighted by molar-refractivity contribution is 6.07. The fourth-order valence-electron chi connectivity index (χ4n) is 3.11.